The van der Waals surface area contributed by atoms with Gasteiger partial charge in [-0.15, -0.1) is 10.2 Å². The average Bonchev–Trinajstić information content (AvgIpc) is 2.99. The zero-order valence-corrected chi connectivity index (χ0v) is 19.0. The highest BCUT2D eigenvalue weighted by molar-refractivity contribution is 7.99. The lowest BCUT2D eigenvalue weighted by Crippen LogP contribution is -2.23. The molecule has 1 amide bonds. The average molecular weight is 474 g/mol. The van der Waals surface area contributed by atoms with Crippen LogP contribution in [0.1, 0.15) is 41.6 Å². The minimum absolute atomic E-state index is 0.304. The van der Waals surface area contributed by atoms with Gasteiger partial charge in [-0.2, -0.15) is 0 Å². The third kappa shape index (κ3) is 5.40. The molecule has 2 N–H and O–H groups in total. The molecule has 1 saturated heterocycles. The van der Waals surface area contributed by atoms with Crippen molar-refractivity contribution in [2.45, 2.75) is 42.3 Å². The Morgan fingerprint density at radius 1 is 1.09 bits per heavy atom. The summed E-state index contributed by atoms with van der Waals surface area (Å²) in [4.78, 5) is 13.6. The molecule has 2 aromatic carbocycles. The second-order valence-electron chi connectivity index (χ2n) is 8.07. The molecule has 0 radical (unpaired) electrons. The zero-order valence-electron chi connectivity index (χ0n) is 18.2. The van der Waals surface area contributed by atoms with E-state index in [-0.39, 0.29) is 10.5 Å². The van der Waals surface area contributed by atoms with E-state index in [9.17, 15) is 13.6 Å². The standard InChI is InChI=1S/C23H25F2N5O2S/c1-29-21(16-8-6-7-15(11-16)14-30-9-4-2-3-5-10-30)26-27-23(29)33-20-18(24)12-17(13-19(20)25)22(31)28-32/h6-8,11-13,32H,2-5,9-10,14H2,1H3,(H,28,31). The van der Waals surface area contributed by atoms with Crippen LogP contribution in [0.5, 0.6) is 0 Å². The molecule has 174 valence electrons. The number of benzene rings is 2. The summed E-state index contributed by atoms with van der Waals surface area (Å²) in [6.07, 6.45) is 5.02. The van der Waals surface area contributed by atoms with E-state index in [1.165, 1.54) is 36.7 Å². The summed E-state index contributed by atoms with van der Waals surface area (Å²) < 4.78 is 30.6. The highest BCUT2D eigenvalue weighted by Crippen LogP contribution is 2.33. The summed E-state index contributed by atoms with van der Waals surface area (Å²) in [6, 6.07) is 9.81. The third-order valence-electron chi connectivity index (χ3n) is 5.68. The highest BCUT2D eigenvalue weighted by atomic mass is 32.2. The van der Waals surface area contributed by atoms with Crippen molar-refractivity contribution in [3.8, 4) is 11.4 Å². The fourth-order valence-corrected chi connectivity index (χ4v) is 4.76. The number of aromatic nitrogens is 3. The van der Waals surface area contributed by atoms with Crippen LogP contribution in [0.3, 0.4) is 0 Å². The van der Waals surface area contributed by atoms with Gasteiger partial charge in [0.2, 0.25) is 0 Å². The molecule has 4 rings (SSSR count). The van der Waals surface area contributed by atoms with E-state index in [1.807, 2.05) is 12.1 Å². The molecule has 1 aromatic heterocycles. The Hall–Kier alpha value is -2.82. The SMILES string of the molecule is Cn1c(Sc2c(F)cc(C(=O)NO)cc2F)nnc1-c1cccc(CN2CCCCCC2)c1. The van der Waals surface area contributed by atoms with Crippen LogP contribution < -0.4 is 5.48 Å². The molecule has 10 heteroatoms. The van der Waals surface area contributed by atoms with Gasteiger partial charge in [0.15, 0.2) is 11.0 Å². The molecule has 0 saturated carbocycles. The van der Waals surface area contributed by atoms with Crippen LogP contribution in [0.2, 0.25) is 0 Å². The van der Waals surface area contributed by atoms with Gasteiger partial charge < -0.3 is 4.57 Å². The first kappa shape index (κ1) is 23.3. The van der Waals surface area contributed by atoms with Crippen molar-refractivity contribution in [3.05, 3.63) is 59.2 Å². The van der Waals surface area contributed by atoms with Crippen molar-refractivity contribution in [1.82, 2.24) is 25.1 Å². The Kier molecular flexibility index (Phi) is 7.36. The lowest BCUT2D eigenvalue weighted by atomic mass is 10.1. The maximum Gasteiger partial charge on any atom is 0.274 e. The van der Waals surface area contributed by atoms with Crippen molar-refractivity contribution in [2.75, 3.05) is 13.1 Å². The van der Waals surface area contributed by atoms with Crippen molar-refractivity contribution in [1.29, 1.82) is 0 Å². The number of likely N-dealkylation sites (tertiary alicyclic amines) is 1. The molecular weight excluding hydrogens is 448 g/mol. The number of halogens is 2. The van der Waals surface area contributed by atoms with Gasteiger partial charge in [-0.05, 0) is 61.5 Å². The van der Waals surface area contributed by atoms with Crippen LogP contribution in [-0.2, 0) is 13.6 Å². The van der Waals surface area contributed by atoms with Crippen LogP contribution in [-0.4, -0.2) is 43.9 Å². The van der Waals surface area contributed by atoms with Gasteiger partial charge >= 0.3 is 0 Å². The molecule has 2 heterocycles. The Morgan fingerprint density at radius 2 is 1.79 bits per heavy atom. The predicted molar refractivity (Wildman–Crippen MR) is 120 cm³/mol. The number of nitrogens with one attached hydrogen (secondary N) is 1. The fraction of sp³-hybridized carbons (Fsp3) is 0.348. The lowest BCUT2D eigenvalue weighted by Gasteiger charge is -2.20. The van der Waals surface area contributed by atoms with Gasteiger partial charge in [-0.1, -0.05) is 31.0 Å². The van der Waals surface area contributed by atoms with Crippen molar-refractivity contribution < 1.29 is 18.8 Å². The summed E-state index contributed by atoms with van der Waals surface area (Å²) in [7, 11) is 1.74. The summed E-state index contributed by atoms with van der Waals surface area (Å²) in [5.41, 5.74) is 3.09. The Labute approximate surface area is 194 Å². The first-order valence-corrected chi connectivity index (χ1v) is 11.6. The smallest absolute Gasteiger partial charge is 0.274 e. The molecule has 1 fully saturated rings. The number of carbonyl (C=O) groups excluding carboxylic acids is 1. The van der Waals surface area contributed by atoms with E-state index in [1.54, 1.807) is 11.6 Å². The van der Waals surface area contributed by atoms with Gasteiger partial charge in [0.1, 0.15) is 11.6 Å². The number of nitrogens with zero attached hydrogens (tertiary/aromatic N) is 4. The normalized spacial score (nSPS) is 14.8. The molecule has 7 nitrogen and oxygen atoms in total. The molecule has 3 aromatic rings. The maximum atomic E-state index is 14.5. The summed E-state index contributed by atoms with van der Waals surface area (Å²) in [6.45, 7) is 3.08. The number of carbonyl (C=O) groups is 1. The topological polar surface area (TPSA) is 83.3 Å². The van der Waals surface area contributed by atoms with E-state index < -0.39 is 17.5 Å². The molecule has 33 heavy (non-hydrogen) atoms. The first-order valence-electron chi connectivity index (χ1n) is 10.8. The van der Waals surface area contributed by atoms with E-state index >= 15 is 0 Å². The fourth-order valence-electron chi connectivity index (χ4n) is 3.96. The number of hydrogen-bond donors (Lipinski definition) is 2. The molecule has 0 spiro atoms. The minimum atomic E-state index is -0.995. The van der Waals surface area contributed by atoms with E-state index in [0.29, 0.717) is 11.0 Å². The van der Waals surface area contributed by atoms with Crippen molar-refractivity contribution in [2.24, 2.45) is 7.05 Å². The second-order valence-corrected chi connectivity index (χ2v) is 9.05. The van der Waals surface area contributed by atoms with Gasteiger partial charge in [0, 0.05) is 24.7 Å². The molecule has 0 unspecified atom stereocenters. The molecular formula is C23H25F2N5O2S. The van der Waals surface area contributed by atoms with Gasteiger partial charge in [-0.25, -0.2) is 14.3 Å². The number of hydroxylamine groups is 1. The van der Waals surface area contributed by atoms with Crippen LogP contribution in [0, 0.1) is 11.6 Å². The Morgan fingerprint density at radius 3 is 2.45 bits per heavy atom. The molecule has 1 aliphatic rings. The lowest BCUT2D eigenvalue weighted by molar-refractivity contribution is 0.0705. The minimum Gasteiger partial charge on any atom is -0.305 e. The largest absolute Gasteiger partial charge is 0.305 e. The molecule has 0 atom stereocenters. The second kappa shape index (κ2) is 10.4. The predicted octanol–water partition coefficient (Wildman–Crippen LogP) is 4.41. The van der Waals surface area contributed by atoms with Crippen LogP contribution in [0.4, 0.5) is 8.78 Å². The van der Waals surface area contributed by atoms with Crippen LogP contribution >= 0.6 is 11.8 Å². The van der Waals surface area contributed by atoms with Gasteiger partial charge in [0.05, 0.1) is 4.90 Å². The van der Waals surface area contributed by atoms with Crippen LogP contribution in [0.25, 0.3) is 11.4 Å². The number of rotatable bonds is 6. The summed E-state index contributed by atoms with van der Waals surface area (Å²) in [5.74, 6) is -2.26. The first-order chi connectivity index (χ1) is 16.0. The van der Waals surface area contributed by atoms with Crippen molar-refractivity contribution >= 4 is 17.7 Å². The van der Waals surface area contributed by atoms with Gasteiger partial charge in [0.25, 0.3) is 5.91 Å². The van der Waals surface area contributed by atoms with E-state index in [4.69, 9.17) is 5.21 Å². The molecule has 0 aliphatic carbocycles. The summed E-state index contributed by atoms with van der Waals surface area (Å²) in [5, 5.41) is 17.3. The Balaban J connectivity index is 1.54. The van der Waals surface area contributed by atoms with E-state index in [2.05, 4.69) is 27.2 Å². The Bertz CT molecular complexity index is 1120. The van der Waals surface area contributed by atoms with Gasteiger partial charge in [-0.3, -0.25) is 14.9 Å². The quantitative estimate of drug-likeness (QED) is 0.408. The monoisotopic (exact) mass is 473 g/mol. The summed E-state index contributed by atoms with van der Waals surface area (Å²) >= 11 is 0.783. The van der Waals surface area contributed by atoms with Crippen LogP contribution in [0.15, 0.2) is 46.5 Å². The van der Waals surface area contributed by atoms with Crippen molar-refractivity contribution in [3.63, 3.8) is 0 Å². The maximum absolute atomic E-state index is 14.5. The van der Waals surface area contributed by atoms with E-state index in [0.717, 1.165) is 49.1 Å². The third-order valence-corrected chi connectivity index (χ3v) is 6.81. The molecule has 0 bridgehead atoms. The zero-order chi connectivity index (χ0) is 23.4. The number of hydrogen-bond acceptors (Lipinski definition) is 6. The highest BCUT2D eigenvalue weighted by Gasteiger charge is 2.20. The molecule has 1 aliphatic heterocycles. The number of amides is 1.